The predicted molar refractivity (Wildman–Crippen MR) is 120 cm³/mol. The molecule has 1 aliphatic heterocycles. The van der Waals surface area contributed by atoms with Crippen LogP contribution in [-0.2, 0) is 25.7 Å². The number of benzene rings is 2. The van der Waals surface area contributed by atoms with E-state index >= 15 is 0 Å². The highest BCUT2D eigenvalue weighted by Crippen LogP contribution is 2.46. The van der Waals surface area contributed by atoms with Gasteiger partial charge in [-0.1, -0.05) is 35.3 Å². The fraction of sp³-hybridized carbons (Fsp3) is 0.250. The number of methoxy groups -OCH3 is 1. The van der Waals surface area contributed by atoms with Crippen LogP contribution < -0.4 is 10.5 Å². The Morgan fingerprint density at radius 3 is 2.61 bits per heavy atom. The van der Waals surface area contributed by atoms with Crippen LogP contribution >= 0.6 is 23.2 Å². The van der Waals surface area contributed by atoms with Crippen molar-refractivity contribution in [2.45, 2.75) is 31.8 Å². The number of allylic oxidation sites excluding steroid dienone is 2. The van der Waals surface area contributed by atoms with E-state index in [4.69, 9.17) is 43.1 Å². The zero-order valence-electron chi connectivity index (χ0n) is 17.6. The monoisotopic (exact) mass is 491 g/mol. The number of carbonyl (C=O) groups is 2. The second-order valence-corrected chi connectivity index (χ2v) is 8.46. The number of rotatable bonds is 5. The first-order valence-corrected chi connectivity index (χ1v) is 10.9. The fourth-order valence-corrected chi connectivity index (χ4v) is 4.68. The van der Waals surface area contributed by atoms with Gasteiger partial charge in [-0.2, -0.15) is 0 Å². The fourth-order valence-electron chi connectivity index (χ4n) is 4.06. The van der Waals surface area contributed by atoms with Crippen molar-refractivity contribution in [3.63, 3.8) is 0 Å². The molecule has 1 aliphatic carbocycles. The molecule has 0 saturated carbocycles. The number of ether oxygens (including phenoxy) is 3. The number of nitrogens with two attached hydrogens (primary N) is 1. The van der Waals surface area contributed by atoms with Gasteiger partial charge in [0.15, 0.2) is 11.5 Å². The van der Waals surface area contributed by atoms with Crippen LogP contribution in [0.3, 0.4) is 0 Å². The highest BCUT2D eigenvalue weighted by Gasteiger charge is 2.41. The maximum Gasteiger partial charge on any atom is 0.340 e. The second-order valence-electron chi connectivity index (χ2n) is 7.65. The molecule has 2 aliphatic rings. The van der Waals surface area contributed by atoms with Crippen LogP contribution in [0.25, 0.3) is 0 Å². The van der Waals surface area contributed by atoms with E-state index in [1.807, 2.05) is 0 Å². The molecule has 2 N–H and O–H groups in total. The van der Waals surface area contributed by atoms with Crippen LogP contribution in [0.5, 0.6) is 5.75 Å². The number of hydrogen-bond donors (Lipinski definition) is 1. The summed E-state index contributed by atoms with van der Waals surface area (Å²) in [4.78, 5) is 25.4. The Bertz CT molecular complexity index is 1180. The minimum Gasteiger partial charge on any atom is -0.486 e. The molecule has 1 atom stereocenters. The van der Waals surface area contributed by atoms with Crippen molar-refractivity contribution < 1.29 is 28.2 Å². The van der Waals surface area contributed by atoms with E-state index in [0.29, 0.717) is 41.7 Å². The summed E-state index contributed by atoms with van der Waals surface area (Å²) in [7, 11) is 1.22. The molecule has 9 heteroatoms. The molecule has 0 aromatic heterocycles. The number of halogens is 3. The largest absolute Gasteiger partial charge is 0.486 e. The molecule has 2 aromatic rings. The zero-order valence-corrected chi connectivity index (χ0v) is 19.1. The first-order valence-electron chi connectivity index (χ1n) is 10.2. The number of Topliss-reactive ketones (excluding diaryl/α,β-unsaturated/α-hetero) is 1. The van der Waals surface area contributed by atoms with Gasteiger partial charge in [0, 0.05) is 18.4 Å². The second kappa shape index (κ2) is 9.45. The highest BCUT2D eigenvalue weighted by molar-refractivity contribution is 6.37. The van der Waals surface area contributed by atoms with E-state index in [9.17, 15) is 14.0 Å². The first-order chi connectivity index (χ1) is 15.8. The van der Waals surface area contributed by atoms with Crippen molar-refractivity contribution in [2.24, 2.45) is 5.73 Å². The van der Waals surface area contributed by atoms with Crippen LogP contribution in [-0.4, -0.2) is 18.9 Å². The quantitative estimate of drug-likeness (QED) is 0.580. The molecule has 0 saturated heterocycles. The van der Waals surface area contributed by atoms with Crippen molar-refractivity contribution in [1.29, 1.82) is 0 Å². The van der Waals surface area contributed by atoms with E-state index in [1.54, 1.807) is 24.3 Å². The van der Waals surface area contributed by atoms with Crippen LogP contribution in [0, 0.1) is 5.82 Å². The highest BCUT2D eigenvalue weighted by atomic mass is 35.5. The Balaban J connectivity index is 1.74. The molecule has 0 radical (unpaired) electrons. The summed E-state index contributed by atoms with van der Waals surface area (Å²) in [5, 5.41) is 0.321. The van der Waals surface area contributed by atoms with Gasteiger partial charge in [0.05, 0.1) is 23.1 Å². The minimum absolute atomic E-state index is 0.00654. The van der Waals surface area contributed by atoms with Gasteiger partial charge in [0.25, 0.3) is 0 Å². The summed E-state index contributed by atoms with van der Waals surface area (Å²) in [6.07, 6.45) is 1.46. The summed E-state index contributed by atoms with van der Waals surface area (Å²) in [5.74, 6) is -1.60. The third kappa shape index (κ3) is 4.56. The van der Waals surface area contributed by atoms with Gasteiger partial charge in [-0.15, -0.1) is 0 Å². The normalized spacial score (nSPS) is 18.1. The maximum atomic E-state index is 13.4. The standard InChI is InChI=1S/C24H20Cl2FNO5/c1-31-24(30)21-19(20-17(29)6-3-7-18(20)33-23(21)28)13-9-15(25)22(16(26)10-13)32-11-12-4-2-5-14(27)8-12/h2,4-5,8-10,19H,3,6-7,11,28H2,1H3/t19-/m0/s1. The average molecular weight is 492 g/mol. The lowest BCUT2D eigenvalue weighted by atomic mass is 9.77. The Morgan fingerprint density at radius 1 is 1.21 bits per heavy atom. The molecule has 6 nitrogen and oxygen atoms in total. The van der Waals surface area contributed by atoms with Gasteiger partial charge in [0.1, 0.15) is 23.8 Å². The molecule has 0 amide bonds. The van der Waals surface area contributed by atoms with Crippen molar-refractivity contribution in [3.8, 4) is 5.75 Å². The lowest BCUT2D eigenvalue weighted by molar-refractivity contribution is -0.136. The number of esters is 1. The summed E-state index contributed by atoms with van der Waals surface area (Å²) in [6.45, 7) is 0.0435. The molecule has 0 unspecified atom stereocenters. The van der Waals surface area contributed by atoms with E-state index in [1.165, 1.54) is 19.2 Å². The third-order valence-electron chi connectivity index (χ3n) is 5.52. The van der Waals surface area contributed by atoms with Crippen LogP contribution in [0.15, 0.2) is 59.2 Å². The van der Waals surface area contributed by atoms with Crippen LogP contribution in [0.4, 0.5) is 4.39 Å². The number of hydrogen-bond acceptors (Lipinski definition) is 6. The van der Waals surface area contributed by atoms with E-state index in [0.717, 1.165) is 0 Å². The van der Waals surface area contributed by atoms with Crippen LogP contribution in [0.1, 0.15) is 36.3 Å². The van der Waals surface area contributed by atoms with Gasteiger partial charge in [-0.05, 0) is 41.8 Å². The molecule has 1 heterocycles. The molecule has 2 aromatic carbocycles. The van der Waals surface area contributed by atoms with Crippen molar-refractivity contribution in [3.05, 3.63) is 86.2 Å². The molecule has 172 valence electrons. The molecule has 4 rings (SSSR count). The lowest BCUT2D eigenvalue weighted by Gasteiger charge is -2.32. The summed E-state index contributed by atoms with van der Waals surface area (Å²) in [6, 6.07) is 9.08. The Kier molecular flexibility index (Phi) is 6.63. The number of carbonyl (C=O) groups excluding carboxylic acids is 2. The lowest BCUT2D eigenvalue weighted by Crippen LogP contribution is -2.31. The van der Waals surface area contributed by atoms with Crippen molar-refractivity contribution >= 4 is 35.0 Å². The minimum atomic E-state index is -0.846. The molecular formula is C24H20Cl2FNO5. The van der Waals surface area contributed by atoms with Crippen molar-refractivity contribution in [2.75, 3.05) is 7.11 Å². The molecule has 0 spiro atoms. The number of ketones is 1. The summed E-state index contributed by atoms with van der Waals surface area (Å²) < 4.78 is 29.7. The van der Waals surface area contributed by atoms with Gasteiger partial charge >= 0.3 is 5.97 Å². The van der Waals surface area contributed by atoms with Crippen LogP contribution in [0.2, 0.25) is 10.0 Å². The summed E-state index contributed by atoms with van der Waals surface area (Å²) >= 11 is 13.0. The topological polar surface area (TPSA) is 87.9 Å². The molecule has 33 heavy (non-hydrogen) atoms. The van der Waals surface area contributed by atoms with Crippen molar-refractivity contribution in [1.82, 2.24) is 0 Å². The van der Waals surface area contributed by atoms with Gasteiger partial charge in [-0.3, -0.25) is 4.79 Å². The molecular weight excluding hydrogens is 472 g/mol. The van der Waals surface area contributed by atoms with Gasteiger partial charge < -0.3 is 19.9 Å². The average Bonchev–Trinajstić information content (AvgIpc) is 2.77. The smallest absolute Gasteiger partial charge is 0.340 e. The van der Waals surface area contributed by atoms with Gasteiger partial charge in [0.2, 0.25) is 5.88 Å². The third-order valence-corrected chi connectivity index (χ3v) is 6.08. The predicted octanol–water partition coefficient (Wildman–Crippen LogP) is 5.18. The molecule has 0 fully saturated rings. The maximum absolute atomic E-state index is 13.4. The Labute approximate surface area is 199 Å². The van der Waals surface area contributed by atoms with E-state index in [-0.39, 0.29) is 45.5 Å². The first kappa shape index (κ1) is 23.1. The van der Waals surface area contributed by atoms with E-state index < -0.39 is 11.9 Å². The zero-order chi connectivity index (χ0) is 23.7. The van der Waals surface area contributed by atoms with Gasteiger partial charge in [-0.25, -0.2) is 9.18 Å². The Morgan fingerprint density at radius 2 is 1.94 bits per heavy atom. The SMILES string of the molecule is COC(=O)C1=C(N)OC2=C(C(=O)CCC2)[C@@H]1c1cc(Cl)c(OCc2cccc(F)c2)c(Cl)c1. The summed E-state index contributed by atoms with van der Waals surface area (Å²) in [5.41, 5.74) is 7.48. The van der Waals surface area contributed by atoms with E-state index in [2.05, 4.69) is 0 Å². The Hall–Kier alpha value is -3.03. The molecule has 0 bridgehead atoms.